The molecule has 3 aliphatic heterocycles. The molecule has 55 heavy (non-hydrogen) atoms. The van der Waals surface area contributed by atoms with Crippen molar-refractivity contribution in [1.82, 2.24) is 0 Å². The van der Waals surface area contributed by atoms with E-state index in [4.69, 9.17) is 42.6 Å². The molecule has 0 aliphatic carbocycles. The van der Waals surface area contributed by atoms with Crippen molar-refractivity contribution in [2.24, 2.45) is 0 Å². The SMILES string of the molecule is FC(COCCOC1CCCCO1)OC(F)(F)OB(OC(F)(F)OC(F)COCCOC1CCCCO1)OC(F)(F)OC(F)COCCOC1CCCCO1. The van der Waals surface area contributed by atoms with E-state index in [0.717, 1.165) is 38.5 Å². The zero-order chi connectivity index (χ0) is 40.0. The van der Waals surface area contributed by atoms with Crippen molar-refractivity contribution in [1.29, 1.82) is 0 Å². The minimum Gasteiger partial charge on any atom is -0.373 e. The fourth-order valence-electron chi connectivity index (χ4n) is 4.81. The van der Waals surface area contributed by atoms with Gasteiger partial charge < -0.3 is 56.6 Å². The molecule has 0 N–H and O–H groups in total. The fourth-order valence-corrected chi connectivity index (χ4v) is 4.81. The van der Waals surface area contributed by atoms with E-state index >= 15 is 0 Å². The first-order valence-corrected chi connectivity index (χ1v) is 17.8. The van der Waals surface area contributed by atoms with Gasteiger partial charge in [0, 0.05) is 19.8 Å². The minimum atomic E-state index is -5.38. The Balaban J connectivity index is 1.47. The predicted octanol–water partition coefficient (Wildman–Crippen LogP) is 5.29. The van der Waals surface area contributed by atoms with Crippen LogP contribution in [-0.2, 0) is 70.8 Å². The Bertz CT molecular complexity index is 869. The van der Waals surface area contributed by atoms with E-state index in [-0.39, 0.29) is 39.6 Å². The lowest BCUT2D eigenvalue weighted by Gasteiger charge is -2.28. The summed E-state index contributed by atoms with van der Waals surface area (Å²) in [5.74, 6) is 0. The topological polar surface area (TPSA) is 138 Å². The second-order valence-corrected chi connectivity index (χ2v) is 11.8. The van der Waals surface area contributed by atoms with Crippen LogP contribution in [-0.4, -0.2) is 143 Å². The summed E-state index contributed by atoms with van der Waals surface area (Å²) < 4.78 is 197. The van der Waals surface area contributed by atoms with E-state index < -0.39 is 84.0 Å². The molecule has 0 aromatic carbocycles. The van der Waals surface area contributed by atoms with Crippen molar-refractivity contribution in [3.8, 4) is 0 Å². The van der Waals surface area contributed by atoms with E-state index in [0.29, 0.717) is 39.1 Å². The van der Waals surface area contributed by atoms with Crippen molar-refractivity contribution < 1.29 is 110 Å². The van der Waals surface area contributed by atoms with Crippen LogP contribution < -0.4 is 0 Å². The van der Waals surface area contributed by atoms with Gasteiger partial charge in [0.25, 0.3) is 0 Å². The van der Waals surface area contributed by atoms with Crippen LogP contribution >= 0.6 is 0 Å². The predicted molar refractivity (Wildman–Crippen MR) is 163 cm³/mol. The molecule has 0 spiro atoms. The van der Waals surface area contributed by atoms with Gasteiger partial charge in [-0.3, -0.25) is 14.2 Å². The van der Waals surface area contributed by atoms with Crippen LogP contribution in [0.1, 0.15) is 57.8 Å². The van der Waals surface area contributed by atoms with Gasteiger partial charge in [0.1, 0.15) is 19.8 Å². The van der Waals surface area contributed by atoms with Gasteiger partial charge in [0.2, 0.25) is 19.1 Å². The Morgan fingerprint density at radius 2 is 0.745 bits per heavy atom. The lowest BCUT2D eigenvalue weighted by molar-refractivity contribution is -0.445. The molecule has 25 heteroatoms. The van der Waals surface area contributed by atoms with Gasteiger partial charge in [0.15, 0.2) is 18.9 Å². The van der Waals surface area contributed by atoms with Crippen LogP contribution in [0.5, 0.6) is 0 Å². The quantitative estimate of drug-likeness (QED) is 0.0401. The Labute approximate surface area is 311 Å². The molecule has 6 atom stereocenters. The smallest absolute Gasteiger partial charge is 0.373 e. The minimum absolute atomic E-state index is 0.133. The van der Waals surface area contributed by atoms with Gasteiger partial charge in [-0.15, -0.1) is 26.3 Å². The molecule has 0 radical (unpaired) electrons. The first-order chi connectivity index (χ1) is 26.2. The third-order valence-corrected chi connectivity index (χ3v) is 7.25. The van der Waals surface area contributed by atoms with Gasteiger partial charge in [-0.05, 0) is 57.8 Å². The number of halogens is 9. The summed E-state index contributed by atoms with van der Waals surface area (Å²) in [5, 5.41) is 0. The van der Waals surface area contributed by atoms with Crippen LogP contribution in [0.25, 0.3) is 0 Å². The number of rotatable bonds is 30. The molecule has 6 unspecified atom stereocenters. The van der Waals surface area contributed by atoms with E-state index in [1.165, 1.54) is 0 Å². The Hall–Kier alpha value is -1.17. The second kappa shape index (κ2) is 26.0. The molecule has 324 valence electrons. The Kier molecular flexibility index (Phi) is 22.8. The molecule has 3 heterocycles. The number of hydrogen-bond donors (Lipinski definition) is 0. The molecular formula is C30H48BF9O15. The maximum atomic E-state index is 14.4. The molecule has 15 nitrogen and oxygen atoms in total. The van der Waals surface area contributed by atoms with E-state index in [1.54, 1.807) is 0 Å². The molecule has 3 rings (SSSR count). The largest absolute Gasteiger partial charge is 0.658 e. The van der Waals surface area contributed by atoms with E-state index in [2.05, 4.69) is 28.2 Å². The maximum absolute atomic E-state index is 14.4. The summed E-state index contributed by atoms with van der Waals surface area (Å²) in [6.45, 7) is -3.60. The molecule has 3 saturated heterocycles. The summed E-state index contributed by atoms with van der Waals surface area (Å²) in [6.07, 6.45) is -20.1. The summed E-state index contributed by atoms with van der Waals surface area (Å²) in [5.41, 5.74) is 0. The number of ether oxygens (including phenoxy) is 12. The molecule has 0 aromatic heterocycles. The third kappa shape index (κ3) is 23.1. The van der Waals surface area contributed by atoms with Gasteiger partial charge in [-0.25, -0.2) is 13.2 Å². The zero-order valence-electron chi connectivity index (χ0n) is 29.9. The summed E-state index contributed by atoms with van der Waals surface area (Å²) >= 11 is 0. The normalized spacial score (nSPS) is 23.4. The molecule has 0 saturated carbocycles. The van der Waals surface area contributed by atoms with Gasteiger partial charge >= 0.3 is 26.2 Å². The molecule has 3 aliphatic rings. The monoisotopic (exact) mass is 830 g/mol. The first kappa shape index (κ1) is 48.2. The molecule has 0 aromatic rings. The highest BCUT2D eigenvalue weighted by atomic mass is 19.3. The van der Waals surface area contributed by atoms with Crippen molar-refractivity contribution in [2.75, 3.05) is 79.3 Å². The second-order valence-electron chi connectivity index (χ2n) is 11.8. The van der Waals surface area contributed by atoms with E-state index in [1.807, 2.05) is 0 Å². The Morgan fingerprint density at radius 3 is 1.00 bits per heavy atom. The molecular weight excluding hydrogens is 782 g/mol. The zero-order valence-corrected chi connectivity index (χ0v) is 29.9. The van der Waals surface area contributed by atoms with Crippen LogP contribution in [0.15, 0.2) is 0 Å². The van der Waals surface area contributed by atoms with Crippen molar-refractivity contribution in [2.45, 2.75) is 115 Å². The Morgan fingerprint density at radius 1 is 0.455 bits per heavy atom. The lowest BCUT2D eigenvalue weighted by atomic mass is 10.2. The lowest BCUT2D eigenvalue weighted by Crippen LogP contribution is -2.49. The van der Waals surface area contributed by atoms with Crippen molar-refractivity contribution in [3.63, 3.8) is 0 Å². The van der Waals surface area contributed by atoms with Crippen molar-refractivity contribution >= 4 is 7.32 Å². The average molecular weight is 830 g/mol. The third-order valence-electron chi connectivity index (χ3n) is 7.25. The highest BCUT2D eigenvalue weighted by molar-refractivity contribution is 6.36. The summed E-state index contributed by atoms with van der Waals surface area (Å²) in [6, 6.07) is 0. The highest BCUT2D eigenvalue weighted by Crippen LogP contribution is 2.31. The van der Waals surface area contributed by atoms with Gasteiger partial charge in [-0.1, -0.05) is 0 Å². The average Bonchev–Trinajstić information content (AvgIpc) is 3.11. The highest BCUT2D eigenvalue weighted by Gasteiger charge is 2.54. The van der Waals surface area contributed by atoms with Crippen LogP contribution in [0.4, 0.5) is 39.5 Å². The van der Waals surface area contributed by atoms with Gasteiger partial charge in [0.05, 0.1) is 39.6 Å². The molecule has 3 fully saturated rings. The van der Waals surface area contributed by atoms with Crippen LogP contribution in [0.3, 0.4) is 0 Å². The van der Waals surface area contributed by atoms with Crippen molar-refractivity contribution in [3.05, 3.63) is 0 Å². The summed E-state index contributed by atoms with van der Waals surface area (Å²) in [7, 11) is -4.01. The molecule has 0 bridgehead atoms. The van der Waals surface area contributed by atoms with Crippen LogP contribution in [0, 0.1) is 0 Å². The standard InChI is InChI=1S/C30H48BF9O15/c32-22(19-41-13-16-47-25-7-1-4-10-44-25)50-28(35,36)53-31(54-29(37,38)51-23(33)20-42-14-17-48-26-8-2-5-11-45-26)55-30(39,40)52-24(34)21-43-15-18-49-27-9-3-6-12-46-27/h22-27H,1-21H2. The van der Waals surface area contributed by atoms with E-state index in [9.17, 15) is 39.5 Å². The number of alkyl halides is 9. The molecule has 0 amide bonds. The first-order valence-electron chi connectivity index (χ1n) is 17.8. The summed E-state index contributed by atoms with van der Waals surface area (Å²) in [4.78, 5) is 0. The van der Waals surface area contributed by atoms with Crippen LogP contribution in [0.2, 0.25) is 0 Å². The fraction of sp³-hybridized carbons (Fsp3) is 1.00. The number of hydrogen-bond acceptors (Lipinski definition) is 15. The van der Waals surface area contributed by atoms with Gasteiger partial charge in [-0.2, -0.15) is 0 Å². The maximum Gasteiger partial charge on any atom is 0.658 e.